The Kier molecular flexibility index (Phi) is 10.1. The third-order valence-corrected chi connectivity index (χ3v) is 7.47. The van der Waals surface area contributed by atoms with Crippen molar-refractivity contribution in [3.05, 3.63) is 71.1 Å². The van der Waals surface area contributed by atoms with E-state index in [1.54, 1.807) is 25.3 Å². The highest BCUT2D eigenvalue weighted by molar-refractivity contribution is 7.81. The molecule has 3 rings (SSSR count). The molecule has 1 aromatic heterocycles. The summed E-state index contributed by atoms with van der Waals surface area (Å²) in [6, 6.07) is 13.0. The predicted molar refractivity (Wildman–Crippen MR) is 147 cm³/mol. The molecule has 3 aromatic rings. The number of anilines is 1. The number of hydrogen-bond donors (Lipinski definition) is 5. The summed E-state index contributed by atoms with van der Waals surface area (Å²) in [6.45, 7) is 0.821. The maximum absolute atomic E-state index is 13.7. The van der Waals surface area contributed by atoms with Crippen molar-refractivity contribution in [3.8, 4) is 0 Å². The molecule has 0 saturated carbocycles. The molecular weight excluding hydrogens is 535 g/mol. The van der Waals surface area contributed by atoms with Crippen LogP contribution in [0.25, 0.3) is 10.8 Å². The molecule has 9 nitrogen and oxygen atoms in total. The van der Waals surface area contributed by atoms with Gasteiger partial charge in [0.2, 0.25) is 0 Å². The van der Waals surface area contributed by atoms with Gasteiger partial charge in [-0.25, -0.2) is 19.0 Å². The lowest BCUT2D eigenvalue weighted by Gasteiger charge is -2.43. The first-order chi connectivity index (χ1) is 18.0. The molecule has 12 heteroatoms. The number of aliphatic hydroxyl groups is 2. The Labute approximate surface area is 230 Å². The largest absolute Gasteiger partial charge is 0.448 e. The molecule has 3 atom stereocenters. The Hall–Kier alpha value is -3.12. The van der Waals surface area contributed by atoms with Crippen LogP contribution in [0.5, 0.6) is 0 Å². The first kappa shape index (κ1) is 29.4. The van der Waals surface area contributed by atoms with Crippen molar-refractivity contribution >= 4 is 52.9 Å². The average molecular weight is 565 g/mol. The third-order valence-electron chi connectivity index (χ3n) is 6.34. The molecule has 1 unspecified atom stereocenters. The summed E-state index contributed by atoms with van der Waals surface area (Å²) in [7, 11) is 1.48. The fourth-order valence-corrected chi connectivity index (χ4v) is 4.42. The van der Waals surface area contributed by atoms with Gasteiger partial charge in [-0.05, 0) is 36.4 Å². The number of carbonyl (C=O) groups is 2. The summed E-state index contributed by atoms with van der Waals surface area (Å²) in [6.07, 6.45) is -0.382. The number of aromatic nitrogens is 1. The minimum absolute atomic E-state index is 0.0483. The van der Waals surface area contributed by atoms with E-state index in [1.165, 1.54) is 24.1 Å². The van der Waals surface area contributed by atoms with Crippen molar-refractivity contribution in [1.82, 2.24) is 15.2 Å². The number of pyridine rings is 1. The van der Waals surface area contributed by atoms with Crippen LogP contribution in [-0.4, -0.2) is 69.4 Å². The standard InChI is InChI=1S/C26H30ClFN4O5S/c1-26(11-19(34)14-33,32(2)24(35)30-13-18-8-5-9-20(28)23(18)27)21(38)15-37-25(36)31-22-10-16-6-3-4-7-17(16)12-29-22/h3-10,12,19,21,33-34,38H,11,13-15H2,1-2H3,(H,30,35)(H,29,31,36)/t19-,21?,26+/m0/s1. The Morgan fingerprint density at radius 3 is 2.66 bits per heavy atom. The molecule has 0 spiro atoms. The molecule has 1 heterocycles. The number of carbonyl (C=O) groups excluding carboxylic acids is 2. The summed E-state index contributed by atoms with van der Waals surface area (Å²) in [4.78, 5) is 30.9. The number of hydrogen-bond acceptors (Lipinski definition) is 7. The lowest BCUT2D eigenvalue weighted by atomic mass is 9.89. The summed E-state index contributed by atoms with van der Waals surface area (Å²) < 4.78 is 19.1. The Morgan fingerprint density at radius 2 is 1.95 bits per heavy atom. The van der Waals surface area contributed by atoms with Crippen LogP contribution in [0.2, 0.25) is 5.02 Å². The number of benzene rings is 2. The molecule has 3 amide bonds. The highest BCUT2D eigenvalue weighted by Crippen LogP contribution is 2.29. The molecular formula is C26H30ClFN4O5S. The van der Waals surface area contributed by atoms with Gasteiger partial charge >= 0.3 is 12.1 Å². The van der Waals surface area contributed by atoms with Crippen LogP contribution in [0.3, 0.4) is 0 Å². The number of aliphatic hydroxyl groups excluding tert-OH is 2. The first-order valence-corrected chi connectivity index (χ1v) is 12.6. The second-order valence-corrected chi connectivity index (χ2v) is 9.99. The van der Waals surface area contributed by atoms with Crippen LogP contribution < -0.4 is 10.6 Å². The summed E-state index contributed by atoms with van der Waals surface area (Å²) in [5.41, 5.74) is -0.794. The number of thiol groups is 1. The van der Waals surface area contributed by atoms with E-state index in [0.29, 0.717) is 11.4 Å². The minimum Gasteiger partial charge on any atom is -0.448 e. The Balaban J connectivity index is 1.65. The van der Waals surface area contributed by atoms with Crippen LogP contribution in [0, 0.1) is 5.82 Å². The fraction of sp³-hybridized carbons (Fsp3) is 0.346. The second kappa shape index (κ2) is 13.1. The van der Waals surface area contributed by atoms with Gasteiger partial charge in [0.05, 0.1) is 28.5 Å². The number of halogens is 2. The molecule has 4 N–H and O–H groups in total. The summed E-state index contributed by atoms with van der Waals surface area (Å²) >= 11 is 10.5. The molecule has 0 radical (unpaired) electrons. The van der Waals surface area contributed by atoms with Gasteiger partial charge in [-0.1, -0.05) is 48.0 Å². The molecule has 0 bridgehead atoms. The number of fused-ring (bicyclic) bond motifs is 1. The minimum atomic E-state index is -1.18. The molecule has 0 aliphatic carbocycles. The first-order valence-electron chi connectivity index (χ1n) is 11.7. The van der Waals surface area contributed by atoms with Gasteiger partial charge in [0.15, 0.2) is 0 Å². The number of amides is 3. The van der Waals surface area contributed by atoms with Gasteiger partial charge in [-0.3, -0.25) is 5.32 Å². The molecule has 2 aromatic carbocycles. The van der Waals surface area contributed by atoms with Crippen molar-refractivity contribution in [3.63, 3.8) is 0 Å². The zero-order valence-corrected chi connectivity index (χ0v) is 22.5. The molecule has 204 valence electrons. The van der Waals surface area contributed by atoms with E-state index < -0.39 is 41.4 Å². The Bertz CT molecular complexity index is 1290. The van der Waals surface area contributed by atoms with Crippen molar-refractivity contribution in [2.45, 2.75) is 36.8 Å². The normalized spacial score (nSPS) is 14.3. The van der Waals surface area contributed by atoms with E-state index in [0.717, 1.165) is 10.8 Å². The van der Waals surface area contributed by atoms with Gasteiger partial charge in [-0.15, -0.1) is 0 Å². The number of ether oxygens (including phenoxy) is 1. The van der Waals surface area contributed by atoms with Crippen LogP contribution in [0.15, 0.2) is 54.7 Å². The molecule has 0 aliphatic heterocycles. The number of rotatable bonds is 10. The highest BCUT2D eigenvalue weighted by Gasteiger charge is 2.41. The second-order valence-electron chi connectivity index (χ2n) is 8.98. The van der Waals surface area contributed by atoms with Crippen LogP contribution >= 0.6 is 24.2 Å². The Morgan fingerprint density at radius 1 is 1.24 bits per heavy atom. The van der Waals surface area contributed by atoms with Crippen LogP contribution in [0.1, 0.15) is 18.9 Å². The van der Waals surface area contributed by atoms with E-state index in [4.69, 9.17) is 16.3 Å². The van der Waals surface area contributed by atoms with Crippen LogP contribution in [-0.2, 0) is 11.3 Å². The summed E-state index contributed by atoms with van der Waals surface area (Å²) in [5, 5.41) is 25.8. The van der Waals surface area contributed by atoms with Crippen molar-refractivity contribution in [2.75, 3.05) is 25.6 Å². The lowest BCUT2D eigenvalue weighted by Crippen LogP contribution is -2.59. The average Bonchev–Trinajstić information content (AvgIpc) is 2.91. The maximum Gasteiger partial charge on any atom is 0.412 e. The van der Waals surface area contributed by atoms with E-state index in [9.17, 15) is 24.2 Å². The van der Waals surface area contributed by atoms with Gasteiger partial charge in [0.25, 0.3) is 0 Å². The maximum atomic E-state index is 13.7. The number of nitrogens with one attached hydrogen (secondary N) is 2. The highest BCUT2D eigenvalue weighted by atomic mass is 35.5. The van der Waals surface area contributed by atoms with E-state index in [2.05, 4.69) is 28.2 Å². The number of nitrogens with zero attached hydrogens (tertiary/aromatic N) is 2. The van der Waals surface area contributed by atoms with Crippen molar-refractivity contribution in [2.24, 2.45) is 0 Å². The zero-order chi connectivity index (χ0) is 27.9. The van der Waals surface area contributed by atoms with E-state index in [1.807, 2.05) is 24.3 Å². The van der Waals surface area contributed by atoms with Crippen LogP contribution in [0.4, 0.5) is 19.8 Å². The smallest absolute Gasteiger partial charge is 0.412 e. The summed E-state index contributed by atoms with van der Waals surface area (Å²) in [5.74, 6) is -0.303. The molecule has 0 fully saturated rings. The van der Waals surface area contributed by atoms with Gasteiger partial charge in [0.1, 0.15) is 18.2 Å². The van der Waals surface area contributed by atoms with Crippen molar-refractivity contribution in [1.29, 1.82) is 0 Å². The molecule has 0 saturated heterocycles. The van der Waals surface area contributed by atoms with E-state index >= 15 is 0 Å². The van der Waals surface area contributed by atoms with E-state index in [-0.39, 0.29) is 24.6 Å². The lowest BCUT2D eigenvalue weighted by molar-refractivity contribution is 0.0296. The molecule has 0 aliphatic rings. The third kappa shape index (κ3) is 7.25. The van der Waals surface area contributed by atoms with Gasteiger partial charge in [0, 0.05) is 25.2 Å². The molecule has 38 heavy (non-hydrogen) atoms. The monoisotopic (exact) mass is 564 g/mol. The number of urea groups is 1. The SMILES string of the molecule is CN(C(=O)NCc1cccc(F)c1Cl)[C@](C)(C[C@H](O)CO)C(S)COC(=O)Nc1cc2ccccc2cn1. The predicted octanol–water partition coefficient (Wildman–Crippen LogP) is 4.22. The van der Waals surface area contributed by atoms with Gasteiger partial charge < -0.3 is 25.2 Å². The van der Waals surface area contributed by atoms with Crippen molar-refractivity contribution < 1.29 is 28.9 Å². The zero-order valence-electron chi connectivity index (χ0n) is 20.9. The van der Waals surface area contributed by atoms with Gasteiger partial charge in [-0.2, -0.15) is 12.6 Å². The topological polar surface area (TPSA) is 124 Å². The fourth-order valence-electron chi connectivity index (χ4n) is 3.87. The quantitative estimate of drug-likeness (QED) is 0.235.